The fourth-order valence-corrected chi connectivity index (χ4v) is 17.1. The minimum absolute atomic E-state index is 0.0187. The molecule has 101 heavy (non-hydrogen) atoms. The Morgan fingerprint density at radius 3 is 1.10 bits per heavy atom. The van der Waals surface area contributed by atoms with E-state index in [9.17, 15) is 8.78 Å². The van der Waals surface area contributed by atoms with Gasteiger partial charge in [-0.3, -0.25) is 4.90 Å². The average Bonchev–Trinajstić information content (AvgIpc) is 1.69. The number of methoxy groups -OCH3 is 1. The first-order chi connectivity index (χ1) is 47.2. The zero-order valence-electron chi connectivity index (χ0n) is 57.4. The number of nitrogens with one attached hydrogen (secondary N) is 1. The number of ether oxygens (including phenoxy) is 2. The molecule has 2 aliphatic heterocycles. The minimum Gasteiger partial charge on any atom is -0.493 e. The zero-order valence-corrected chi connectivity index (χ0v) is 57.4. The molecule has 68 heteroatoms. The third-order valence-corrected chi connectivity index (χ3v) is 21.0. The van der Waals surface area contributed by atoms with E-state index in [-0.39, 0.29) is 30.3 Å². The van der Waals surface area contributed by atoms with Crippen LogP contribution in [0.2, 0.25) is 0 Å². The van der Waals surface area contributed by atoms with Crippen LogP contribution >= 0.6 is 0 Å². The molecule has 64 radical (unpaired) electrons. The van der Waals surface area contributed by atoms with Gasteiger partial charge in [0.1, 0.15) is 18.2 Å². The third kappa shape index (κ3) is 21.5. The summed E-state index contributed by atoms with van der Waals surface area (Å²) in [5.74, 6) is 0.809. The van der Waals surface area contributed by atoms with Gasteiger partial charge in [0, 0.05) is 468 Å². The van der Waals surface area contributed by atoms with Crippen molar-refractivity contribution in [2.45, 2.75) is 31.5 Å². The van der Waals surface area contributed by atoms with Gasteiger partial charge in [-0.1, -0.05) is 42.5 Å². The summed E-state index contributed by atoms with van der Waals surface area (Å²) in [7, 11) is 214. The van der Waals surface area contributed by atoms with E-state index in [1.165, 1.54) is 39.9 Å². The summed E-state index contributed by atoms with van der Waals surface area (Å²) in [4.78, 5) is 6.23. The number of aromatic nitrogens is 1. The predicted octanol–water partition coefficient (Wildman–Crippen LogP) is -16.3. The number of nitrogens with zero attached hydrogens (tertiary/aromatic N) is 1. The maximum atomic E-state index is 13.9. The second kappa shape index (κ2) is 40.2. The fraction of sp³-hybridized carbons (Fsp3) is 0.212. The molecular weight excluding hydrogens is 1160 g/mol. The Morgan fingerprint density at radius 1 is 0.396 bits per heavy atom. The Kier molecular flexibility index (Phi) is 35.7. The molecule has 0 fully saturated rings. The molecule has 382 valence electrons. The normalized spacial score (nSPS) is 13.1. The molecule has 1 aromatic heterocycles. The first kappa shape index (κ1) is 89.8. The molecule has 7 rings (SSSR count). The van der Waals surface area contributed by atoms with Crippen molar-refractivity contribution < 1.29 is 18.3 Å². The summed E-state index contributed by atoms with van der Waals surface area (Å²) in [5.41, 5.74) is 7.89. The van der Waals surface area contributed by atoms with E-state index in [1.54, 1.807) is 25.3 Å². The van der Waals surface area contributed by atoms with Gasteiger partial charge < -0.3 is 14.5 Å². The van der Waals surface area contributed by atoms with Gasteiger partial charge in [0.15, 0.2) is 11.5 Å². The highest BCUT2D eigenvalue weighted by atomic mass is 19.1. The summed E-state index contributed by atoms with van der Waals surface area (Å²) in [6, 6.07) is 26.1. The quantitative estimate of drug-likeness (QED) is 0.0417. The highest BCUT2D eigenvalue weighted by Crippen LogP contribution is 2.50. The number of hydrogen-bond acceptors (Lipinski definition) is 3. The smallest absolute Gasteiger partial charge is 0.161 e. The summed E-state index contributed by atoms with van der Waals surface area (Å²) in [6.45, 7) is 1.11. The lowest BCUT2D eigenvalue weighted by Gasteiger charge is -2.59. The van der Waals surface area contributed by atoms with E-state index >= 15 is 0 Å². The molecule has 0 saturated carbocycles. The molecule has 0 amide bonds. The van der Waals surface area contributed by atoms with Crippen LogP contribution in [-0.4, -0.2) is 463 Å². The highest BCUT2D eigenvalue weighted by molar-refractivity contribution is 8.38. The number of para-hydroxylation sites is 1. The predicted molar refractivity (Wildman–Crippen MR) is 504 cm³/mol. The summed E-state index contributed by atoms with van der Waals surface area (Å²) in [6.07, 6.45) is -42.1. The first-order valence-corrected chi connectivity index (χ1v) is 33.6. The van der Waals surface area contributed by atoms with Crippen LogP contribution in [0.4, 0.5) is 8.78 Å². The average molecular weight is 1190 g/mol. The third-order valence-electron chi connectivity index (χ3n) is 21.0. The summed E-state index contributed by atoms with van der Waals surface area (Å²) >= 11 is 0. The Labute approximate surface area is 659 Å². The Hall–Kier alpha value is -0.134. The Balaban J connectivity index is 0.000000347. The van der Waals surface area contributed by atoms with Crippen molar-refractivity contribution in [2.24, 2.45) is 0 Å². The number of halogens is 2. The van der Waals surface area contributed by atoms with E-state index in [2.05, 4.69) is 46.3 Å². The largest absolute Gasteiger partial charge is 0.493 e. The van der Waals surface area contributed by atoms with Crippen LogP contribution in [0.15, 0.2) is 84.9 Å². The molecule has 0 spiro atoms. The molecule has 2 aliphatic rings. The second-order valence-corrected chi connectivity index (χ2v) is 27.7. The standard InChI is InChI=1S/C33H28F2N2O2.B62/c1-38-30-18-26-22(16-31(30)39-19-20-5-4-6-24(35)15-20)13-14-37-29(26)17-27-25-7-2-3-8-28(25)36-32(27)33(37)21-9-11-23(34)12-10-21;1-33(2)49(34(3)4)57(50(35(5)6)36(7)8)61(58(51(37(9)10)38(11)12)52(39(13)14)40(15)16)62(59(53(41(17)18)42(19)20)54(43(21)22)44(23)24)60(55(45(25)26)46(27)28)56(47(29)30)48(31)32/h2-12,15-16,18,29,33,36H,13-14,17,19H2,1H3;. The Bertz CT molecular complexity index is 3010. The maximum absolute atomic E-state index is 13.9. The van der Waals surface area contributed by atoms with Gasteiger partial charge in [0.05, 0.1) is 13.2 Å². The van der Waals surface area contributed by atoms with E-state index in [0.717, 1.165) is 36.0 Å². The van der Waals surface area contributed by atoms with Crippen molar-refractivity contribution in [3.63, 3.8) is 0 Å². The van der Waals surface area contributed by atoms with Gasteiger partial charge in [-0.15, -0.1) is 0 Å². The second-order valence-electron chi connectivity index (χ2n) is 27.7. The molecule has 1 N–H and O–H groups in total. The molecule has 5 aromatic rings. The Morgan fingerprint density at radius 2 is 0.752 bits per heavy atom. The lowest BCUT2D eigenvalue weighted by molar-refractivity contribution is 0.127. The van der Waals surface area contributed by atoms with Gasteiger partial charge in [0.25, 0.3) is 0 Å². The van der Waals surface area contributed by atoms with Crippen LogP contribution in [-0.2, 0) is 19.4 Å². The number of rotatable bonds is 34. The fourth-order valence-electron chi connectivity index (χ4n) is 17.1. The van der Waals surface area contributed by atoms with Crippen LogP contribution in [0.5, 0.6) is 11.5 Å². The molecular formula is C33H28B62F2N2O2. The van der Waals surface area contributed by atoms with Crippen LogP contribution in [0.3, 0.4) is 0 Å². The van der Waals surface area contributed by atoms with E-state index in [4.69, 9.17) is 257 Å². The summed E-state index contributed by atoms with van der Waals surface area (Å²) < 4.78 is 39.5. The van der Waals surface area contributed by atoms with E-state index in [1.807, 2.05) is 18.2 Å². The molecule has 2 atom stereocenters. The highest BCUT2D eigenvalue weighted by Gasteiger charge is 2.63. The van der Waals surface area contributed by atoms with Gasteiger partial charge in [-0.25, -0.2) is 8.78 Å². The zero-order chi connectivity index (χ0) is 75.8. The minimum atomic E-state index is -1.56. The summed E-state index contributed by atoms with van der Waals surface area (Å²) in [5, 5.41) is 1.23. The molecule has 2 unspecified atom stereocenters. The monoisotopic (exact) mass is 1200 g/mol. The van der Waals surface area contributed by atoms with Crippen LogP contribution in [0, 0.1) is 11.6 Å². The van der Waals surface area contributed by atoms with Gasteiger partial charge >= 0.3 is 0 Å². The lowest BCUT2D eigenvalue weighted by atomic mass is 8.22. The molecule has 3 heterocycles. The number of H-pyrrole nitrogens is 1. The van der Waals surface area contributed by atoms with Gasteiger partial charge in [-0.2, -0.15) is 0 Å². The van der Waals surface area contributed by atoms with Crippen molar-refractivity contribution in [1.82, 2.24) is 9.88 Å². The van der Waals surface area contributed by atoms with Crippen LogP contribution in [0.25, 0.3) is 10.9 Å². The number of aromatic amines is 1. The van der Waals surface area contributed by atoms with Crippen LogP contribution in [0.1, 0.15) is 45.6 Å². The maximum Gasteiger partial charge on any atom is 0.161 e. The topological polar surface area (TPSA) is 37.5 Å². The van der Waals surface area contributed by atoms with E-state index < -0.39 is 192 Å². The van der Waals surface area contributed by atoms with Crippen molar-refractivity contribution >= 4 is 450 Å². The van der Waals surface area contributed by atoms with Crippen molar-refractivity contribution in [1.29, 1.82) is 0 Å². The van der Waals surface area contributed by atoms with Gasteiger partial charge in [-0.05, 0) is 83.1 Å². The van der Waals surface area contributed by atoms with Crippen LogP contribution < -0.4 is 9.47 Å². The lowest BCUT2D eigenvalue weighted by Crippen LogP contribution is -2.97. The molecule has 0 bridgehead atoms. The SMILES string of the molecule is COc1cc2c(cc1OCc1cccc(F)c1)CCN1C2Cc2c([nH]c3ccccc23)C1c1ccc(F)cc1.[B]B([B])B(B([B])[B])B(B(B([B])[B])B([B])[B])B(B(B(B([B])[B])B([B])[B])B(B([B])[B])B([B])[B])B(B(B(B([B])[B])B([B])[B])B(B([B])[B])B([B])[B])B(B(B([B])[B])B([B])[B])B(B([B])[B])B([B])[B]. The number of benzene rings is 4. The molecule has 4 aromatic carbocycles. The number of fused-ring (bicyclic) bond motifs is 6. The van der Waals surface area contributed by atoms with Crippen molar-refractivity contribution in [2.75, 3.05) is 13.7 Å². The van der Waals surface area contributed by atoms with Gasteiger partial charge in [0.2, 0.25) is 0 Å². The molecule has 0 aliphatic carbocycles. The van der Waals surface area contributed by atoms with Crippen molar-refractivity contribution in [3.8, 4) is 11.5 Å². The first-order valence-electron chi connectivity index (χ1n) is 33.6. The number of hydrogen-bond donors (Lipinski definition) is 1. The molecule has 4 nitrogen and oxygen atoms in total. The van der Waals surface area contributed by atoms with E-state index in [0.29, 0.717) is 11.5 Å². The van der Waals surface area contributed by atoms with Crippen molar-refractivity contribution in [3.05, 3.63) is 130 Å². The molecule has 0 saturated heterocycles.